The normalized spacial score (nSPS) is 16.1. The van der Waals surface area contributed by atoms with Crippen molar-refractivity contribution in [3.63, 3.8) is 0 Å². The van der Waals surface area contributed by atoms with Crippen molar-refractivity contribution in [2.24, 2.45) is 0 Å². The van der Waals surface area contributed by atoms with Crippen LogP contribution in [0.4, 0.5) is 8.63 Å². The average Bonchev–Trinajstić information content (AvgIpc) is 2.56. The van der Waals surface area contributed by atoms with Crippen LogP contribution in [0.1, 0.15) is 0 Å². The molecule has 0 aromatic rings. The van der Waals surface area contributed by atoms with E-state index < -0.39 is 19.0 Å². The Bertz CT molecular complexity index is 332. The molecule has 0 unspecified atom stereocenters. The first-order chi connectivity index (χ1) is 9.53. The Morgan fingerprint density at radius 3 is 1.32 bits per heavy atom. The number of nitrogens with one attached hydrogen (secondary N) is 3. The quantitative estimate of drug-likeness (QED) is 0.336. The molecule has 0 radical (unpaired) electrons. The molecule has 11 heteroatoms. The van der Waals surface area contributed by atoms with Gasteiger partial charge in [-0.05, 0) is 0 Å². The second-order valence-electron chi connectivity index (χ2n) is 5.72. The number of quaternary nitrogens is 3. The van der Waals surface area contributed by atoms with Crippen molar-refractivity contribution in [1.82, 2.24) is 0 Å². The van der Waals surface area contributed by atoms with E-state index in [1.165, 1.54) is 26.2 Å². The number of carbonyl (C=O) groups is 2. The Hall–Kier alpha value is -0.658. The first-order valence-electron chi connectivity index (χ1n) is 6.89. The van der Waals surface area contributed by atoms with E-state index in [9.17, 15) is 18.2 Å². The molecule has 22 heavy (non-hydrogen) atoms. The van der Waals surface area contributed by atoms with E-state index in [4.69, 9.17) is 0 Å². The molecule has 3 N–H and O–H groups in total. The molecule has 0 amide bonds. The molecule has 7 nitrogen and oxygen atoms in total. The average molecular weight is 320 g/mol. The number of halogens is 2. The van der Waals surface area contributed by atoms with Gasteiger partial charge in [0.1, 0.15) is 26.2 Å². The third-order valence-electron chi connectivity index (χ3n) is 2.76. The summed E-state index contributed by atoms with van der Waals surface area (Å²) in [5, 5.41) is 0. The van der Waals surface area contributed by atoms with Gasteiger partial charge >= 0.3 is 37.9 Å². The fourth-order valence-electron chi connectivity index (χ4n) is 1.42. The van der Waals surface area contributed by atoms with Crippen molar-refractivity contribution in [2.75, 3.05) is 61.4 Å². The van der Waals surface area contributed by atoms with Crippen LogP contribution in [0.3, 0.4) is 0 Å². The predicted octanol–water partition coefficient (Wildman–Crippen LogP) is -7.74. The minimum Gasteiger partial charge on any atom is -0.593 e. The Labute approximate surface area is 142 Å². The largest absolute Gasteiger partial charge is 1.00 e. The van der Waals surface area contributed by atoms with Crippen LogP contribution in [-0.4, -0.2) is 80.5 Å². The van der Waals surface area contributed by atoms with Crippen molar-refractivity contribution in [2.45, 2.75) is 0 Å². The fourth-order valence-corrected chi connectivity index (χ4v) is 1.42. The summed E-state index contributed by atoms with van der Waals surface area (Å²) >= 11 is 0. The van der Waals surface area contributed by atoms with Gasteiger partial charge in [-0.25, -0.2) is 9.59 Å². The van der Waals surface area contributed by atoms with Crippen LogP contribution >= 0.6 is 0 Å². The number of carbonyl (C=O) groups excluding carboxylic acids is 2. The van der Waals surface area contributed by atoms with E-state index in [1.54, 1.807) is 14.7 Å². The van der Waals surface area contributed by atoms with Crippen LogP contribution in [0.15, 0.2) is 0 Å². The standard InChI is InChI=1S/C9H23N3.C2BF2O4.Li/c1-10(2)6-8-12(5)9-7-11(3)4;4-3(5)8-1(6)2(7)9-3;/h6-9H2,1-5H3;;/q;-1;+1/p+3. The summed E-state index contributed by atoms with van der Waals surface area (Å²) in [5.41, 5.74) is 0. The molecule has 0 atom stereocenters. The predicted molar refractivity (Wildman–Crippen MR) is 72.1 cm³/mol. The van der Waals surface area contributed by atoms with E-state index in [0.29, 0.717) is 0 Å². The van der Waals surface area contributed by atoms with Gasteiger partial charge in [0.2, 0.25) is 0 Å². The van der Waals surface area contributed by atoms with Crippen molar-refractivity contribution in [3.8, 4) is 0 Å². The van der Waals surface area contributed by atoms with Gasteiger partial charge in [0.05, 0.1) is 35.2 Å². The maximum absolute atomic E-state index is 11.6. The van der Waals surface area contributed by atoms with Crippen LogP contribution in [-0.2, 0) is 18.9 Å². The van der Waals surface area contributed by atoms with E-state index in [1.807, 2.05) is 0 Å². The molecule has 0 aromatic heterocycles. The van der Waals surface area contributed by atoms with E-state index >= 15 is 0 Å². The van der Waals surface area contributed by atoms with Gasteiger partial charge in [-0.2, -0.15) is 0 Å². The topological polar surface area (TPSA) is 65.9 Å². The van der Waals surface area contributed by atoms with Crippen LogP contribution in [0.2, 0.25) is 0 Å². The molecule has 0 spiro atoms. The molecule has 1 heterocycles. The molecular weight excluding hydrogens is 294 g/mol. The molecule has 0 bridgehead atoms. The molecule has 1 saturated heterocycles. The third-order valence-corrected chi connectivity index (χ3v) is 2.76. The van der Waals surface area contributed by atoms with Crippen LogP contribution in [0.5, 0.6) is 0 Å². The molecule has 1 aliphatic rings. The van der Waals surface area contributed by atoms with Crippen molar-refractivity contribution >= 4 is 19.0 Å². The van der Waals surface area contributed by atoms with Crippen molar-refractivity contribution < 1.29 is 61.1 Å². The van der Waals surface area contributed by atoms with Crippen LogP contribution < -0.4 is 33.6 Å². The first kappa shape index (κ1) is 23.6. The monoisotopic (exact) mass is 320 g/mol. The Kier molecular flexibility index (Phi) is 11.8. The zero-order valence-electron chi connectivity index (χ0n) is 14.3. The van der Waals surface area contributed by atoms with E-state index in [-0.39, 0.29) is 18.9 Å². The first-order valence-corrected chi connectivity index (χ1v) is 6.89. The summed E-state index contributed by atoms with van der Waals surface area (Å²) in [4.78, 5) is 24.4. The summed E-state index contributed by atoms with van der Waals surface area (Å²) in [6.45, 7) is 5.12. The van der Waals surface area contributed by atoms with Crippen LogP contribution in [0.25, 0.3) is 0 Å². The van der Waals surface area contributed by atoms with E-state index in [2.05, 4.69) is 44.5 Å². The second kappa shape index (κ2) is 11.0. The molecule has 1 fully saturated rings. The minimum atomic E-state index is -4.65. The zero-order chi connectivity index (χ0) is 16.6. The minimum absolute atomic E-state index is 0. The molecular formula is C11H26BF2LiN3O4+3. The Balaban J connectivity index is 0. The zero-order valence-corrected chi connectivity index (χ0v) is 14.3. The van der Waals surface area contributed by atoms with Gasteiger partial charge in [-0.1, -0.05) is 0 Å². The van der Waals surface area contributed by atoms with Gasteiger partial charge in [0, 0.05) is 0 Å². The number of hydrogen-bond acceptors (Lipinski definition) is 4. The molecule has 0 aromatic carbocycles. The SMILES string of the molecule is C[NH+](C)CC[NH+](C)CC[NH+](C)C.O=C1O[B-](F)(F)OC1=O.[Li+]. The van der Waals surface area contributed by atoms with Gasteiger partial charge in [-0.3, -0.25) is 0 Å². The van der Waals surface area contributed by atoms with Crippen LogP contribution in [0, 0.1) is 0 Å². The van der Waals surface area contributed by atoms with Gasteiger partial charge in [0.15, 0.2) is 0 Å². The molecule has 1 rings (SSSR count). The fraction of sp³-hybridized carbons (Fsp3) is 0.818. The molecule has 1 aliphatic heterocycles. The van der Waals surface area contributed by atoms with Crippen molar-refractivity contribution in [3.05, 3.63) is 0 Å². The number of rotatable bonds is 6. The van der Waals surface area contributed by atoms with E-state index in [0.717, 1.165) is 0 Å². The Morgan fingerprint density at radius 2 is 1.14 bits per heavy atom. The summed E-state index contributed by atoms with van der Waals surface area (Å²) in [6.07, 6.45) is 0. The summed E-state index contributed by atoms with van der Waals surface area (Å²) in [5.74, 6) is -3.28. The van der Waals surface area contributed by atoms with Crippen molar-refractivity contribution in [1.29, 1.82) is 0 Å². The summed E-state index contributed by atoms with van der Waals surface area (Å²) < 4.78 is 29.6. The third kappa shape index (κ3) is 11.9. The molecule has 124 valence electrons. The second-order valence-corrected chi connectivity index (χ2v) is 5.72. The maximum atomic E-state index is 11.6. The molecule has 0 saturated carbocycles. The smallest absolute Gasteiger partial charge is 0.593 e. The van der Waals surface area contributed by atoms with Gasteiger partial charge < -0.3 is 32.6 Å². The molecule has 0 aliphatic carbocycles. The summed E-state index contributed by atoms with van der Waals surface area (Å²) in [6, 6.07) is 0. The Morgan fingerprint density at radius 1 is 0.818 bits per heavy atom. The number of likely N-dealkylation sites (N-methyl/N-ethyl adjacent to an activating group) is 3. The number of hydrogen-bond donors (Lipinski definition) is 3. The maximum Gasteiger partial charge on any atom is 1.00 e. The summed E-state index contributed by atoms with van der Waals surface area (Å²) in [7, 11) is 6.49. The van der Waals surface area contributed by atoms with Gasteiger partial charge in [-0.15, -0.1) is 0 Å². The van der Waals surface area contributed by atoms with Gasteiger partial charge in [0.25, 0.3) is 0 Å².